The van der Waals surface area contributed by atoms with Crippen LogP contribution in [0.5, 0.6) is 0 Å². The van der Waals surface area contributed by atoms with E-state index < -0.39 is 5.91 Å². The number of hydrogen-bond acceptors (Lipinski definition) is 5. The first-order valence-electron chi connectivity index (χ1n) is 7.43. The molecule has 3 aromatic heterocycles. The number of amides is 1. The lowest BCUT2D eigenvalue weighted by molar-refractivity contribution is -0.114. The van der Waals surface area contributed by atoms with E-state index >= 15 is 0 Å². The van der Waals surface area contributed by atoms with Crippen LogP contribution in [0.25, 0.3) is 22.4 Å². The van der Waals surface area contributed by atoms with Crippen molar-refractivity contribution in [2.45, 2.75) is 20.4 Å². The third-order valence-corrected chi connectivity index (χ3v) is 4.68. The lowest BCUT2D eigenvalue weighted by Crippen LogP contribution is -2.14. The summed E-state index contributed by atoms with van der Waals surface area (Å²) in [6.45, 7) is 4.45. The zero-order chi connectivity index (χ0) is 18.1. The molecule has 0 bridgehead atoms. The molecule has 0 saturated carbocycles. The average Bonchev–Trinajstić information content (AvgIpc) is 3.05. The largest absolute Gasteiger partial charge is 0.332 e. The van der Waals surface area contributed by atoms with Crippen molar-refractivity contribution in [3.05, 3.63) is 32.7 Å². The monoisotopic (exact) mass is 424 g/mol. The number of carbonyl (C=O) groups is 1. The number of pyridine rings is 2. The highest BCUT2D eigenvalue weighted by Gasteiger charge is 2.16. The van der Waals surface area contributed by atoms with Crippen molar-refractivity contribution in [1.29, 1.82) is 0 Å². The number of H-pyrrole nitrogens is 1. The van der Waals surface area contributed by atoms with Gasteiger partial charge in [0.1, 0.15) is 11.5 Å². The first-order chi connectivity index (χ1) is 11.9. The van der Waals surface area contributed by atoms with Gasteiger partial charge in [-0.3, -0.25) is 20.0 Å². The zero-order valence-electron chi connectivity index (χ0n) is 13.4. The third kappa shape index (κ3) is 3.29. The number of nitrogens with one attached hydrogen (secondary N) is 2. The Morgan fingerprint density at radius 1 is 1.44 bits per heavy atom. The lowest BCUT2D eigenvalue weighted by atomic mass is 10.1. The molecule has 3 rings (SSSR count). The minimum atomic E-state index is -0.430. The van der Waals surface area contributed by atoms with Crippen LogP contribution >= 0.6 is 27.5 Å². The van der Waals surface area contributed by atoms with Crippen LogP contribution in [0, 0.1) is 6.92 Å². The van der Waals surface area contributed by atoms with E-state index in [2.05, 4.69) is 41.4 Å². The molecule has 8 nitrogen and oxygen atoms in total. The van der Waals surface area contributed by atoms with Gasteiger partial charge >= 0.3 is 0 Å². The first-order valence-corrected chi connectivity index (χ1v) is 8.76. The molecule has 1 amide bonds. The zero-order valence-corrected chi connectivity index (χ0v) is 15.8. The van der Waals surface area contributed by atoms with Crippen LogP contribution in [0.1, 0.15) is 12.6 Å². The Bertz CT molecular complexity index is 1030. The van der Waals surface area contributed by atoms with Gasteiger partial charge in [-0.2, -0.15) is 4.98 Å². The summed E-state index contributed by atoms with van der Waals surface area (Å²) in [5.41, 5.74) is 1.52. The van der Waals surface area contributed by atoms with Gasteiger partial charge in [0.25, 0.3) is 0 Å². The summed E-state index contributed by atoms with van der Waals surface area (Å²) in [5, 5.41) is 9.46. The second kappa shape index (κ2) is 6.93. The summed E-state index contributed by atoms with van der Waals surface area (Å²) in [7, 11) is 0. The molecule has 0 radical (unpaired) electrons. The van der Waals surface area contributed by atoms with Crippen molar-refractivity contribution in [1.82, 2.24) is 24.7 Å². The Morgan fingerprint density at radius 2 is 2.20 bits per heavy atom. The number of fused-ring (bicyclic) bond motifs is 1. The molecule has 0 aromatic carbocycles. The molecule has 0 fully saturated rings. The van der Waals surface area contributed by atoms with E-state index in [1.807, 2.05) is 18.4 Å². The molecule has 0 saturated heterocycles. The van der Waals surface area contributed by atoms with Crippen LogP contribution in [0.4, 0.5) is 5.95 Å². The van der Waals surface area contributed by atoms with Crippen molar-refractivity contribution in [3.63, 3.8) is 0 Å². The number of hydrogen-bond donors (Lipinski definition) is 2. The van der Waals surface area contributed by atoms with Crippen molar-refractivity contribution < 1.29 is 4.79 Å². The minimum absolute atomic E-state index is 0.0615. The van der Waals surface area contributed by atoms with E-state index in [0.29, 0.717) is 23.1 Å². The number of aromatic amines is 1. The molecule has 0 spiro atoms. The molecule has 130 valence electrons. The molecule has 0 aliphatic carbocycles. The smallest absolute Gasteiger partial charge is 0.249 e. The lowest BCUT2D eigenvalue weighted by Gasteiger charge is -2.11. The molecule has 2 N–H and O–H groups in total. The van der Waals surface area contributed by atoms with Crippen molar-refractivity contribution in [2.75, 3.05) is 11.2 Å². The molecule has 10 heteroatoms. The van der Waals surface area contributed by atoms with Crippen molar-refractivity contribution >= 4 is 50.4 Å². The SMILES string of the molecule is CCn1cc(-c2nc(NC(=O)CCl)n[nH]2)c(=O)c2cc(Br)c(C)nc21. The second-order valence-electron chi connectivity index (χ2n) is 5.27. The maximum absolute atomic E-state index is 12.9. The van der Waals surface area contributed by atoms with E-state index in [9.17, 15) is 9.59 Å². The Hall–Kier alpha value is -2.26. The van der Waals surface area contributed by atoms with Crippen LogP contribution in [-0.2, 0) is 11.3 Å². The van der Waals surface area contributed by atoms with Crippen LogP contribution < -0.4 is 10.7 Å². The van der Waals surface area contributed by atoms with Crippen LogP contribution in [0.2, 0.25) is 0 Å². The number of aryl methyl sites for hydroxylation is 2. The van der Waals surface area contributed by atoms with Crippen molar-refractivity contribution in [3.8, 4) is 11.4 Å². The first kappa shape index (κ1) is 17.6. The Labute approximate surface area is 155 Å². The Morgan fingerprint density at radius 3 is 2.88 bits per heavy atom. The molecule has 25 heavy (non-hydrogen) atoms. The number of alkyl halides is 1. The van der Waals surface area contributed by atoms with Gasteiger partial charge in [-0.1, -0.05) is 0 Å². The van der Waals surface area contributed by atoms with Gasteiger partial charge in [0.05, 0.1) is 16.6 Å². The van der Waals surface area contributed by atoms with E-state index in [0.717, 1.165) is 10.2 Å². The van der Waals surface area contributed by atoms with E-state index in [1.165, 1.54) is 0 Å². The molecule has 0 aliphatic rings. The second-order valence-corrected chi connectivity index (χ2v) is 6.40. The van der Waals surface area contributed by atoms with E-state index in [4.69, 9.17) is 11.6 Å². The van der Waals surface area contributed by atoms with Crippen LogP contribution in [0.15, 0.2) is 21.5 Å². The standard InChI is InChI=1S/C15H14BrClN6O2/c1-3-23-6-9(13-20-15(22-21-13)19-11(24)5-17)12(25)8-4-10(16)7(2)18-14(8)23/h4,6H,3,5H2,1-2H3,(H2,19,20,21,22,24). The normalized spacial score (nSPS) is 11.0. The fourth-order valence-corrected chi connectivity index (χ4v) is 2.77. The van der Waals surface area contributed by atoms with E-state index in [-0.39, 0.29) is 23.1 Å². The molecular weight excluding hydrogens is 412 g/mol. The highest BCUT2D eigenvalue weighted by atomic mass is 79.9. The van der Waals surface area contributed by atoms with E-state index in [1.54, 1.807) is 12.3 Å². The molecular formula is C15H14BrClN6O2. The maximum Gasteiger partial charge on any atom is 0.249 e. The summed E-state index contributed by atoms with van der Waals surface area (Å²) in [4.78, 5) is 32.8. The number of halogens is 2. The summed E-state index contributed by atoms with van der Waals surface area (Å²) < 4.78 is 2.62. The summed E-state index contributed by atoms with van der Waals surface area (Å²) in [6, 6.07) is 1.75. The summed E-state index contributed by atoms with van der Waals surface area (Å²) >= 11 is 8.85. The average molecular weight is 426 g/mol. The van der Waals surface area contributed by atoms with Gasteiger partial charge in [-0.05, 0) is 35.8 Å². The molecule has 3 aromatic rings. The quantitative estimate of drug-likeness (QED) is 0.625. The summed E-state index contributed by atoms with van der Waals surface area (Å²) in [6.07, 6.45) is 1.68. The van der Waals surface area contributed by atoms with Crippen LogP contribution in [-0.4, -0.2) is 36.5 Å². The predicted molar refractivity (Wildman–Crippen MR) is 98.8 cm³/mol. The highest BCUT2D eigenvalue weighted by molar-refractivity contribution is 9.10. The number of nitrogens with zero attached hydrogens (tertiary/aromatic N) is 4. The molecule has 0 unspecified atom stereocenters. The van der Waals surface area contributed by atoms with Gasteiger partial charge in [-0.25, -0.2) is 4.98 Å². The van der Waals surface area contributed by atoms with Gasteiger partial charge in [0, 0.05) is 17.2 Å². The van der Waals surface area contributed by atoms with Gasteiger partial charge in [0.15, 0.2) is 5.82 Å². The van der Waals surface area contributed by atoms with Gasteiger partial charge in [0.2, 0.25) is 17.3 Å². The highest BCUT2D eigenvalue weighted by Crippen LogP contribution is 2.22. The number of carbonyl (C=O) groups excluding carboxylic acids is 1. The number of aromatic nitrogens is 5. The van der Waals surface area contributed by atoms with Crippen LogP contribution in [0.3, 0.4) is 0 Å². The summed E-state index contributed by atoms with van der Waals surface area (Å²) in [5.74, 6) is -0.316. The predicted octanol–water partition coefficient (Wildman–Crippen LogP) is 2.45. The molecule has 0 atom stereocenters. The minimum Gasteiger partial charge on any atom is -0.332 e. The maximum atomic E-state index is 12.9. The Balaban J connectivity index is 2.17. The van der Waals surface area contributed by atoms with Gasteiger partial charge < -0.3 is 4.57 Å². The third-order valence-electron chi connectivity index (χ3n) is 3.63. The molecule has 0 aliphatic heterocycles. The van der Waals surface area contributed by atoms with Gasteiger partial charge in [-0.15, -0.1) is 16.7 Å². The fraction of sp³-hybridized carbons (Fsp3) is 0.267. The van der Waals surface area contributed by atoms with Crippen molar-refractivity contribution in [2.24, 2.45) is 0 Å². The Kier molecular flexibility index (Phi) is 4.87. The number of rotatable bonds is 4. The fourth-order valence-electron chi connectivity index (χ4n) is 2.38. The number of anilines is 1. The topological polar surface area (TPSA) is 106 Å². The molecule has 3 heterocycles.